The molecule has 0 spiro atoms. The number of carbonyl (C=O) groups is 2. The van der Waals surface area contributed by atoms with Crippen molar-refractivity contribution >= 4 is 23.6 Å². The molecule has 0 saturated carbocycles. The van der Waals surface area contributed by atoms with Crippen LogP contribution in [0.25, 0.3) is 0 Å². The van der Waals surface area contributed by atoms with Gasteiger partial charge in [0.2, 0.25) is 5.91 Å². The molecule has 0 bridgehead atoms. The molecule has 2 N–H and O–H groups in total. The Kier molecular flexibility index (Phi) is 7.28. The molecule has 0 aromatic rings. The number of carboxylic acids is 1. The minimum absolute atomic E-state index is 0.0211. The van der Waals surface area contributed by atoms with Gasteiger partial charge < -0.3 is 10.4 Å². The molecule has 1 amide bonds. The van der Waals surface area contributed by atoms with E-state index in [1.807, 2.05) is 13.2 Å². The zero-order valence-corrected chi connectivity index (χ0v) is 9.39. The van der Waals surface area contributed by atoms with Crippen LogP contribution in [0, 0.1) is 0 Å². The number of rotatable bonds is 7. The third kappa shape index (κ3) is 6.77. The second-order valence-corrected chi connectivity index (χ2v) is 4.20. The summed E-state index contributed by atoms with van der Waals surface area (Å²) >= 11 is 1.50. The second kappa shape index (κ2) is 7.67. The maximum absolute atomic E-state index is 11.2. The van der Waals surface area contributed by atoms with Crippen LogP contribution in [0.2, 0.25) is 0 Å². The normalized spacial score (nSPS) is 12.1. The summed E-state index contributed by atoms with van der Waals surface area (Å²) in [6.45, 7) is 2.41. The fourth-order valence-electron chi connectivity index (χ4n) is 0.864. The Balaban J connectivity index is 3.36. The van der Waals surface area contributed by atoms with E-state index in [4.69, 9.17) is 5.11 Å². The van der Waals surface area contributed by atoms with Crippen molar-refractivity contribution in [2.45, 2.75) is 31.4 Å². The van der Waals surface area contributed by atoms with Crippen molar-refractivity contribution in [3.05, 3.63) is 0 Å². The van der Waals surface area contributed by atoms with Crippen LogP contribution >= 0.6 is 11.8 Å². The van der Waals surface area contributed by atoms with Gasteiger partial charge in [0.25, 0.3) is 0 Å². The zero-order valence-electron chi connectivity index (χ0n) is 8.58. The molecule has 0 aliphatic rings. The summed E-state index contributed by atoms with van der Waals surface area (Å²) in [5.74, 6) is -0.762. The van der Waals surface area contributed by atoms with Gasteiger partial charge in [0.1, 0.15) is 0 Å². The molecule has 0 aromatic carbocycles. The van der Waals surface area contributed by atoms with Gasteiger partial charge in [-0.05, 0) is 26.0 Å². The summed E-state index contributed by atoms with van der Waals surface area (Å²) in [5, 5.41) is 11.1. The van der Waals surface area contributed by atoms with Crippen molar-refractivity contribution in [1.29, 1.82) is 0 Å². The first kappa shape index (κ1) is 13.3. The fraction of sp³-hybridized carbons (Fsp3) is 0.778. The first-order valence-electron chi connectivity index (χ1n) is 4.60. The zero-order chi connectivity index (χ0) is 11.0. The van der Waals surface area contributed by atoms with Crippen molar-refractivity contribution in [3.8, 4) is 0 Å². The average Bonchev–Trinajstić information content (AvgIpc) is 2.15. The fourth-order valence-corrected chi connectivity index (χ4v) is 1.16. The number of aliphatic carboxylic acids is 1. The van der Waals surface area contributed by atoms with E-state index in [9.17, 15) is 9.59 Å². The highest BCUT2D eigenvalue weighted by Gasteiger charge is 2.09. The minimum Gasteiger partial charge on any atom is -0.481 e. The molecule has 0 saturated heterocycles. The highest BCUT2D eigenvalue weighted by Crippen LogP contribution is 2.04. The molecular formula is C9H17NO3S. The summed E-state index contributed by atoms with van der Waals surface area (Å²) in [7, 11) is 0. The Morgan fingerprint density at radius 3 is 2.57 bits per heavy atom. The molecule has 0 aliphatic heterocycles. The number of carboxylic acid groups (broad SMARTS) is 1. The van der Waals surface area contributed by atoms with Gasteiger partial charge in [-0.3, -0.25) is 9.59 Å². The van der Waals surface area contributed by atoms with Crippen molar-refractivity contribution in [2.24, 2.45) is 0 Å². The van der Waals surface area contributed by atoms with Crippen LogP contribution in [0.3, 0.4) is 0 Å². The van der Waals surface area contributed by atoms with Crippen LogP contribution in [0.5, 0.6) is 0 Å². The Hall–Kier alpha value is -0.710. The van der Waals surface area contributed by atoms with E-state index in [1.165, 1.54) is 11.8 Å². The maximum Gasteiger partial charge on any atom is 0.303 e. The Morgan fingerprint density at radius 2 is 2.07 bits per heavy atom. The van der Waals surface area contributed by atoms with E-state index >= 15 is 0 Å². The number of hydrogen-bond donors (Lipinski definition) is 2. The number of thioether (sulfide) groups is 1. The largest absolute Gasteiger partial charge is 0.481 e. The highest BCUT2D eigenvalue weighted by molar-refractivity contribution is 7.99. The molecule has 0 heterocycles. The van der Waals surface area contributed by atoms with E-state index in [2.05, 4.69) is 5.32 Å². The van der Waals surface area contributed by atoms with Crippen LogP contribution in [0.4, 0.5) is 0 Å². The van der Waals surface area contributed by atoms with E-state index in [1.54, 1.807) is 0 Å². The van der Waals surface area contributed by atoms with Gasteiger partial charge in [-0.1, -0.05) is 0 Å². The topological polar surface area (TPSA) is 66.4 Å². The van der Waals surface area contributed by atoms with Gasteiger partial charge >= 0.3 is 5.97 Å². The van der Waals surface area contributed by atoms with Gasteiger partial charge in [0.05, 0.1) is 5.25 Å². The maximum atomic E-state index is 11.2. The summed E-state index contributed by atoms with van der Waals surface area (Å²) in [6, 6.07) is 0. The number of carbonyl (C=O) groups excluding carboxylic acids is 1. The van der Waals surface area contributed by atoms with E-state index in [0.29, 0.717) is 13.0 Å². The first-order chi connectivity index (χ1) is 6.57. The molecule has 14 heavy (non-hydrogen) atoms. The number of amides is 1. The molecule has 1 atom stereocenters. The molecule has 0 rings (SSSR count). The van der Waals surface area contributed by atoms with Crippen LogP contribution < -0.4 is 5.32 Å². The standard InChI is InChI=1S/C9H17NO3S/c1-7(14-2)9(13)10-6-4-3-5-8(11)12/h7H,3-6H2,1-2H3,(H,10,13)(H,11,12). The Bertz CT molecular complexity index is 196. The number of hydrogen-bond acceptors (Lipinski definition) is 3. The average molecular weight is 219 g/mol. The Labute approximate surface area is 88.4 Å². The molecule has 1 unspecified atom stereocenters. The lowest BCUT2D eigenvalue weighted by molar-refractivity contribution is -0.137. The Morgan fingerprint density at radius 1 is 1.43 bits per heavy atom. The summed E-state index contributed by atoms with van der Waals surface area (Å²) in [5.41, 5.74) is 0. The molecule has 5 heteroatoms. The first-order valence-corrected chi connectivity index (χ1v) is 5.89. The molecule has 0 radical (unpaired) electrons. The summed E-state index contributed by atoms with van der Waals surface area (Å²) in [6.07, 6.45) is 3.39. The second-order valence-electron chi connectivity index (χ2n) is 3.02. The van der Waals surface area contributed by atoms with Gasteiger partial charge in [0.15, 0.2) is 0 Å². The van der Waals surface area contributed by atoms with E-state index in [-0.39, 0.29) is 17.6 Å². The van der Waals surface area contributed by atoms with Gasteiger partial charge in [-0.2, -0.15) is 11.8 Å². The third-order valence-electron chi connectivity index (χ3n) is 1.84. The molecule has 4 nitrogen and oxygen atoms in total. The molecule has 0 fully saturated rings. The lowest BCUT2D eigenvalue weighted by Crippen LogP contribution is -2.31. The van der Waals surface area contributed by atoms with Gasteiger partial charge in [-0.25, -0.2) is 0 Å². The smallest absolute Gasteiger partial charge is 0.303 e. The van der Waals surface area contributed by atoms with Crippen LogP contribution in [-0.2, 0) is 9.59 Å². The van der Waals surface area contributed by atoms with Crippen molar-refractivity contribution in [2.75, 3.05) is 12.8 Å². The van der Waals surface area contributed by atoms with Gasteiger partial charge in [-0.15, -0.1) is 0 Å². The van der Waals surface area contributed by atoms with Crippen molar-refractivity contribution < 1.29 is 14.7 Å². The molecular weight excluding hydrogens is 202 g/mol. The highest BCUT2D eigenvalue weighted by atomic mass is 32.2. The van der Waals surface area contributed by atoms with E-state index < -0.39 is 5.97 Å². The van der Waals surface area contributed by atoms with E-state index in [0.717, 1.165) is 6.42 Å². The summed E-state index contributed by atoms with van der Waals surface area (Å²) in [4.78, 5) is 21.4. The quantitative estimate of drug-likeness (QED) is 0.629. The monoisotopic (exact) mass is 219 g/mol. The van der Waals surface area contributed by atoms with Crippen LogP contribution in [0.1, 0.15) is 26.2 Å². The predicted octanol–water partition coefficient (Wildman–Crippen LogP) is 1.11. The third-order valence-corrected chi connectivity index (χ3v) is 2.76. The molecule has 82 valence electrons. The SMILES string of the molecule is CSC(C)C(=O)NCCCCC(=O)O. The van der Waals surface area contributed by atoms with Crippen LogP contribution in [-0.4, -0.2) is 35.0 Å². The molecule has 0 aromatic heterocycles. The lowest BCUT2D eigenvalue weighted by Gasteiger charge is -2.08. The van der Waals surface area contributed by atoms with Crippen molar-refractivity contribution in [1.82, 2.24) is 5.32 Å². The predicted molar refractivity (Wildman–Crippen MR) is 57.5 cm³/mol. The number of unbranched alkanes of at least 4 members (excludes halogenated alkanes) is 1. The molecule has 0 aliphatic carbocycles. The number of nitrogens with one attached hydrogen (secondary N) is 1. The van der Waals surface area contributed by atoms with Gasteiger partial charge in [0, 0.05) is 13.0 Å². The van der Waals surface area contributed by atoms with Crippen molar-refractivity contribution in [3.63, 3.8) is 0 Å². The van der Waals surface area contributed by atoms with Crippen LogP contribution in [0.15, 0.2) is 0 Å². The lowest BCUT2D eigenvalue weighted by atomic mass is 10.2. The summed E-state index contributed by atoms with van der Waals surface area (Å²) < 4.78 is 0. The minimum atomic E-state index is -0.784.